The number of pyridine rings is 1. The van der Waals surface area contributed by atoms with Crippen molar-refractivity contribution in [3.05, 3.63) is 52.7 Å². The quantitative estimate of drug-likeness (QED) is 0.851. The van der Waals surface area contributed by atoms with Gasteiger partial charge >= 0.3 is 0 Å². The van der Waals surface area contributed by atoms with E-state index in [-0.39, 0.29) is 0 Å². The molecule has 4 nitrogen and oxygen atoms in total. The van der Waals surface area contributed by atoms with Crippen LogP contribution < -0.4 is 14.8 Å². The average molecular weight is 307 g/mol. The molecule has 0 saturated carbocycles. The van der Waals surface area contributed by atoms with Gasteiger partial charge in [-0.1, -0.05) is 36.7 Å². The summed E-state index contributed by atoms with van der Waals surface area (Å²) in [6.45, 7) is 4.02. The highest BCUT2D eigenvalue weighted by atomic mass is 35.5. The first kappa shape index (κ1) is 15.6. The Hall–Kier alpha value is -1.78. The fourth-order valence-corrected chi connectivity index (χ4v) is 2.16. The van der Waals surface area contributed by atoms with E-state index in [0.29, 0.717) is 23.3 Å². The zero-order chi connectivity index (χ0) is 15.1. The van der Waals surface area contributed by atoms with Crippen molar-refractivity contribution in [2.45, 2.75) is 20.1 Å². The smallest absolute Gasteiger partial charge is 0.213 e. The van der Waals surface area contributed by atoms with Gasteiger partial charge in [0.15, 0.2) is 0 Å². The molecule has 0 atom stereocenters. The standard InChI is InChI=1S/C16H19ClN2O2/c1-3-18-10-12-6-4-8-14(17)16(12)21-11-13-7-5-9-15(19-13)20-2/h4-9,18H,3,10-11H2,1-2H3. The molecule has 2 aromatic rings. The Balaban J connectivity index is 2.11. The van der Waals surface area contributed by atoms with Crippen LogP contribution in [0.15, 0.2) is 36.4 Å². The minimum atomic E-state index is 0.347. The summed E-state index contributed by atoms with van der Waals surface area (Å²) in [5, 5.41) is 3.88. The molecule has 0 bridgehead atoms. The topological polar surface area (TPSA) is 43.4 Å². The molecule has 0 radical (unpaired) electrons. The zero-order valence-corrected chi connectivity index (χ0v) is 13.0. The average Bonchev–Trinajstić information content (AvgIpc) is 2.52. The molecule has 0 spiro atoms. The molecule has 21 heavy (non-hydrogen) atoms. The number of hydrogen-bond donors (Lipinski definition) is 1. The molecule has 112 valence electrons. The summed E-state index contributed by atoms with van der Waals surface area (Å²) in [5.74, 6) is 1.27. The van der Waals surface area contributed by atoms with Crippen molar-refractivity contribution in [1.82, 2.24) is 10.3 Å². The second-order valence-corrected chi connectivity index (χ2v) is 4.88. The number of hydrogen-bond acceptors (Lipinski definition) is 4. The van der Waals surface area contributed by atoms with Crippen molar-refractivity contribution >= 4 is 11.6 Å². The van der Waals surface area contributed by atoms with E-state index in [0.717, 1.165) is 24.3 Å². The van der Waals surface area contributed by atoms with Crippen LogP contribution in [0.1, 0.15) is 18.2 Å². The van der Waals surface area contributed by atoms with Gasteiger partial charge in [-0.3, -0.25) is 0 Å². The third-order valence-electron chi connectivity index (χ3n) is 2.97. The monoisotopic (exact) mass is 306 g/mol. The van der Waals surface area contributed by atoms with Crippen LogP contribution in [-0.2, 0) is 13.2 Å². The van der Waals surface area contributed by atoms with Crippen LogP contribution in [-0.4, -0.2) is 18.6 Å². The molecular formula is C16H19ClN2O2. The van der Waals surface area contributed by atoms with Gasteiger partial charge in [0.2, 0.25) is 5.88 Å². The van der Waals surface area contributed by atoms with Gasteiger partial charge in [-0.05, 0) is 18.7 Å². The molecule has 1 heterocycles. The number of methoxy groups -OCH3 is 1. The molecule has 0 aliphatic carbocycles. The highest BCUT2D eigenvalue weighted by Gasteiger charge is 2.09. The van der Waals surface area contributed by atoms with Crippen molar-refractivity contribution in [3.63, 3.8) is 0 Å². The fraction of sp³-hybridized carbons (Fsp3) is 0.312. The first-order valence-corrected chi connectivity index (χ1v) is 7.23. The maximum Gasteiger partial charge on any atom is 0.213 e. The van der Waals surface area contributed by atoms with Gasteiger partial charge in [-0.15, -0.1) is 0 Å². The number of ether oxygens (including phenoxy) is 2. The Kier molecular flexibility index (Phi) is 5.84. The van der Waals surface area contributed by atoms with E-state index in [1.54, 1.807) is 13.2 Å². The Labute approximate surface area is 130 Å². The van der Waals surface area contributed by atoms with Crippen molar-refractivity contribution in [1.29, 1.82) is 0 Å². The van der Waals surface area contributed by atoms with E-state index in [2.05, 4.69) is 17.2 Å². The van der Waals surface area contributed by atoms with E-state index in [1.807, 2.05) is 30.3 Å². The van der Waals surface area contributed by atoms with Gasteiger partial charge in [0.25, 0.3) is 0 Å². The van der Waals surface area contributed by atoms with Gasteiger partial charge in [0.1, 0.15) is 12.4 Å². The predicted octanol–water partition coefficient (Wildman–Crippen LogP) is 3.43. The molecule has 5 heteroatoms. The molecule has 1 aromatic carbocycles. The van der Waals surface area contributed by atoms with Crippen molar-refractivity contribution in [2.75, 3.05) is 13.7 Å². The van der Waals surface area contributed by atoms with Gasteiger partial charge in [-0.25, -0.2) is 4.98 Å². The molecule has 0 unspecified atom stereocenters. The first-order valence-electron chi connectivity index (χ1n) is 6.85. The predicted molar refractivity (Wildman–Crippen MR) is 84.0 cm³/mol. The molecular weight excluding hydrogens is 288 g/mol. The highest BCUT2D eigenvalue weighted by Crippen LogP contribution is 2.29. The van der Waals surface area contributed by atoms with E-state index in [1.165, 1.54) is 0 Å². The number of para-hydroxylation sites is 1. The number of halogens is 1. The Morgan fingerprint density at radius 1 is 1.19 bits per heavy atom. The third kappa shape index (κ3) is 4.34. The lowest BCUT2D eigenvalue weighted by molar-refractivity contribution is 0.294. The second-order valence-electron chi connectivity index (χ2n) is 4.47. The van der Waals surface area contributed by atoms with Crippen molar-refractivity contribution in [3.8, 4) is 11.6 Å². The minimum absolute atomic E-state index is 0.347. The molecule has 1 aromatic heterocycles. The summed E-state index contributed by atoms with van der Waals surface area (Å²) < 4.78 is 11.0. The maximum atomic E-state index is 6.24. The van der Waals surface area contributed by atoms with Crippen molar-refractivity contribution in [2.24, 2.45) is 0 Å². The van der Waals surface area contributed by atoms with Gasteiger partial charge in [-0.2, -0.15) is 0 Å². The van der Waals surface area contributed by atoms with Gasteiger partial charge in [0.05, 0.1) is 17.8 Å². The third-order valence-corrected chi connectivity index (χ3v) is 3.27. The number of benzene rings is 1. The largest absolute Gasteiger partial charge is 0.485 e. The molecule has 0 fully saturated rings. The van der Waals surface area contributed by atoms with Crippen molar-refractivity contribution < 1.29 is 9.47 Å². The highest BCUT2D eigenvalue weighted by molar-refractivity contribution is 6.32. The van der Waals surface area contributed by atoms with Crippen LogP contribution in [0, 0.1) is 0 Å². The molecule has 0 aliphatic rings. The van der Waals surface area contributed by atoms with Crippen LogP contribution in [0.2, 0.25) is 5.02 Å². The number of aromatic nitrogens is 1. The number of rotatable bonds is 7. The SMILES string of the molecule is CCNCc1cccc(Cl)c1OCc1cccc(OC)n1. The lowest BCUT2D eigenvalue weighted by Gasteiger charge is -2.13. The Bertz CT molecular complexity index is 590. The molecule has 1 N–H and O–H groups in total. The van der Waals surface area contributed by atoms with Crippen LogP contribution in [0.25, 0.3) is 0 Å². The summed E-state index contributed by atoms with van der Waals surface area (Å²) in [6.07, 6.45) is 0. The van der Waals surface area contributed by atoms with Crippen LogP contribution in [0.3, 0.4) is 0 Å². The minimum Gasteiger partial charge on any atom is -0.485 e. The molecule has 2 rings (SSSR count). The fourth-order valence-electron chi connectivity index (χ4n) is 1.91. The lowest BCUT2D eigenvalue weighted by Crippen LogP contribution is -2.13. The molecule has 0 aliphatic heterocycles. The summed E-state index contributed by atoms with van der Waals surface area (Å²) in [6, 6.07) is 11.3. The molecule has 0 amide bonds. The Morgan fingerprint density at radius 3 is 2.76 bits per heavy atom. The van der Waals surface area contributed by atoms with Gasteiger partial charge in [0, 0.05) is 18.2 Å². The lowest BCUT2D eigenvalue weighted by atomic mass is 10.2. The van der Waals surface area contributed by atoms with Crippen LogP contribution in [0.4, 0.5) is 0 Å². The normalized spacial score (nSPS) is 10.4. The molecule has 0 saturated heterocycles. The van der Waals surface area contributed by atoms with Gasteiger partial charge < -0.3 is 14.8 Å². The number of nitrogens with one attached hydrogen (secondary N) is 1. The Morgan fingerprint density at radius 2 is 2.00 bits per heavy atom. The first-order chi connectivity index (χ1) is 10.2. The summed E-state index contributed by atoms with van der Waals surface area (Å²) in [4.78, 5) is 4.32. The van der Waals surface area contributed by atoms with Crippen LogP contribution >= 0.6 is 11.6 Å². The van der Waals surface area contributed by atoms with Crippen LogP contribution in [0.5, 0.6) is 11.6 Å². The summed E-state index contributed by atoms with van der Waals surface area (Å²) in [7, 11) is 1.59. The van der Waals surface area contributed by atoms with E-state index in [4.69, 9.17) is 21.1 Å². The van der Waals surface area contributed by atoms with E-state index < -0.39 is 0 Å². The maximum absolute atomic E-state index is 6.24. The second kappa shape index (κ2) is 7.86. The summed E-state index contributed by atoms with van der Waals surface area (Å²) in [5.41, 5.74) is 1.83. The summed E-state index contributed by atoms with van der Waals surface area (Å²) >= 11 is 6.24. The number of nitrogens with zero attached hydrogens (tertiary/aromatic N) is 1. The van der Waals surface area contributed by atoms with E-state index in [9.17, 15) is 0 Å². The zero-order valence-electron chi connectivity index (χ0n) is 12.2. The van der Waals surface area contributed by atoms with E-state index >= 15 is 0 Å².